The molecule has 21 heavy (non-hydrogen) atoms. The van der Waals surface area contributed by atoms with Crippen LogP contribution in [0.15, 0.2) is 4.99 Å². The number of ether oxygens (including phenoxy) is 2. The maximum atomic E-state index is 5.40. The van der Waals surface area contributed by atoms with Gasteiger partial charge in [0.15, 0.2) is 5.96 Å². The van der Waals surface area contributed by atoms with E-state index in [4.69, 9.17) is 9.47 Å². The first-order valence-electron chi connectivity index (χ1n) is 7.57. The van der Waals surface area contributed by atoms with Gasteiger partial charge in [-0.15, -0.1) is 24.0 Å². The molecule has 0 radical (unpaired) electrons. The second-order valence-corrected chi connectivity index (χ2v) is 4.91. The fourth-order valence-corrected chi connectivity index (χ4v) is 2.46. The van der Waals surface area contributed by atoms with Crippen LogP contribution in [-0.2, 0) is 9.47 Å². The Kier molecular flexibility index (Phi) is 13.5. The number of nitrogens with one attached hydrogen (secondary N) is 2. The zero-order valence-electron chi connectivity index (χ0n) is 13.6. The van der Waals surface area contributed by atoms with Crippen molar-refractivity contribution in [1.82, 2.24) is 15.5 Å². The molecule has 2 N–H and O–H groups in total. The number of likely N-dealkylation sites (N-methyl/N-ethyl adjacent to an activating group) is 1. The summed E-state index contributed by atoms with van der Waals surface area (Å²) in [6, 6.07) is 0.636. The molecule has 0 aromatic rings. The number of aliphatic imine (C=N–C) groups is 1. The number of methoxy groups -OCH3 is 1. The van der Waals surface area contributed by atoms with Crippen LogP contribution < -0.4 is 10.6 Å². The van der Waals surface area contributed by atoms with Gasteiger partial charge in [-0.1, -0.05) is 6.92 Å². The molecule has 0 spiro atoms. The summed E-state index contributed by atoms with van der Waals surface area (Å²) in [5, 5.41) is 6.65. The van der Waals surface area contributed by atoms with Crippen molar-refractivity contribution < 1.29 is 9.47 Å². The molecule has 0 aromatic heterocycles. The first-order chi connectivity index (χ1) is 9.81. The van der Waals surface area contributed by atoms with Gasteiger partial charge in [0, 0.05) is 33.3 Å². The highest BCUT2D eigenvalue weighted by atomic mass is 127. The van der Waals surface area contributed by atoms with Crippen molar-refractivity contribution in [2.45, 2.75) is 25.8 Å². The Bertz CT molecular complexity index is 280. The molecule has 1 aliphatic rings. The van der Waals surface area contributed by atoms with Crippen LogP contribution in [0.25, 0.3) is 0 Å². The second-order valence-electron chi connectivity index (χ2n) is 4.91. The van der Waals surface area contributed by atoms with E-state index in [2.05, 4.69) is 27.4 Å². The largest absolute Gasteiger partial charge is 0.382 e. The van der Waals surface area contributed by atoms with Crippen LogP contribution >= 0.6 is 24.0 Å². The second kappa shape index (κ2) is 13.5. The van der Waals surface area contributed by atoms with Crippen LogP contribution in [0.3, 0.4) is 0 Å². The van der Waals surface area contributed by atoms with Gasteiger partial charge in [0.1, 0.15) is 0 Å². The van der Waals surface area contributed by atoms with E-state index in [-0.39, 0.29) is 24.0 Å². The summed E-state index contributed by atoms with van der Waals surface area (Å²) < 4.78 is 10.3. The Hall–Kier alpha value is -0.120. The molecule has 0 bridgehead atoms. The summed E-state index contributed by atoms with van der Waals surface area (Å²) in [6.07, 6.45) is 2.58. The van der Waals surface area contributed by atoms with Crippen molar-refractivity contribution in [3.8, 4) is 0 Å². The normalized spacial score (nSPS) is 19.4. The van der Waals surface area contributed by atoms with E-state index in [1.807, 2.05) is 0 Å². The van der Waals surface area contributed by atoms with Crippen LogP contribution in [0.5, 0.6) is 0 Å². The van der Waals surface area contributed by atoms with Gasteiger partial charge < -0.3 is 20.1 Å². The Labute approximate surface area is 146 Å². The Morgan fingerprint density at radius 2 is 2.10 bits per heavy atom. The van der Waals surface area contributed by atoms with Crippen molar-refractivity contribution in [3.05, 3.63) is 0 Å². The lowest BCUT2D eigenvalue weighted by Gasteiger charge is -2.23. The maximum absolute atomic E-state index is 5.40. The first kappa shape index (κ1) is 20.9. The van der Waals surface area contributed by atoms with Crippen molar-refractivity contribution in [3.63, 3.8) is 0 Å². The molecule has 1 heterocycles. The third-order valence-electron chi connectivity index (χ3n) is 3.60. The molecule has 1 aliphatic heterocycles. The highest BCUT2D eigenvalue weighted by Gasteiger charge is 2.22. The number of rotatable bonds is 9. The SMILES string of the molecule is CCN1CCCC1CNC(=NC)NCCOCCOC.I. The van der Waals surface area contributed by atoms with Crippen molar-refractivity contribution in [1.29, 1.82) is 0 Å². The van der Waals surface area contributed by atoms with Gasteiger partial charge in [0.25, 0.3) is 0 Å². The number of guanidine groups is 1. The minimum absolute atomic E-state index is 0. The molecule has 0 aliphatic carbocycles. The van der Waals surface area contributed by atoms with E-state index in [0.717, 1.165) is 25.6 Å². The molecule has 7 heteroatoms. The number of halogens is 1. The summed E-state index contributed by atoms with van der Waals surface area (Å²) in [6.45, 7) is 8.23. The first-order valence-corrected chi connectivity index (χ1v) is 7.57. The van der Waals surface area contributed by atoms with E-state index >= 15 is 0 Å². The van der Waals surface area contributed by atoms with Crippen molar-refractivity contribution in [2.75, 3.05) is 60.2 Å². The summed E-state index contributed by atoms with van der Waals surface area (Å²) >= 11 is 0. The maximum Gasteiger partial charge on any atom is 0.191 e. The minimum Gasteiger partial charge on any atom is -0.382 e. The number of hydrogen-bond acceptors (Lipinski definition) is 4. The smallest absolute Gasteiger partial charge is 0.191 e. The van der Waals surface area contributed by atoms with Crippen LogP contribution in [0.2, 0.25) is 0 Å². The Morgan fingerprint density at radius 1 is 1.29 bits per heavy atom. The zero-order chi connectivity index (χ0) is 14.6. The highest BCUT2D eigenvalue weighted by Crippen LogP contribution is 2.15. The summed E-state index contributed by atoms with van der Waals surface area (Å²) in [5.74, 6) is 0.850. The van der Waals surface area contributed by atoms with Crippen LogP contribution in [0.1, 0.15) is 19.8 Å². The fraction of sp³-hybridized carbons (Fsp3) is 0.929. The molecule has 1 atom stereocenters. The molecule has 1 rings (SSSR count). The average Bonchev–Trinajstić information content (AvgIpc) is 2.93. The summed E-state index contributed by atoms with van der Waals surface area (Å²) in [7, 11) is 3.48. The number of likely N-dealkylation sites (tertiary alicyclic amines) is 1. The molecule has 0 aromatic carbocycles. The molecule has 1 unspecified atom stereocenters. The van der Waals surface area contributed by atoms with Gasteiger partial charge in [-0.25, -0.2) is 0 Å². The Morgan fingerprint density at radius 3 is 2.76 bits per heavy atom. The van der Waals surface area contributed by atoms with E-state index in [1.54, 1.807) is 14.2 Å². The average molecular weight is 414 g/mol. The molecule has 6 nitrogen and oxygen atoms in total. The third-order valence-corrected chi connectivity index (χ3v) is 3.60. The van der Waals surface area contributed by atoms with Crippen LogP contribution in [-0.4, -0.2) is 77.1 Å². The molecule has 126 valence electrons. The topological polar surface area (TPSA) is 58.1 Å². The lowest BCUT2D eigenvalue weighted by Crippen LogP contribution is -2.45. The minimum atomic E-state index is 0. The van der Waals surface area contributed by atoms with Gasteiger partial charge in [0.05, 0.1) is 19.8 Å². The lowest BCUT2D eigenvalue weighted by molar-refractivity contribution is 0.0733. The van der Waals surface area contributed by atoms with E-state index in [1.165, 1.54) is 19.4 Å². The standard InChI is InChI=1S/C14H30N4O2.HI/c1-4-18-8-5-6-13(18)12-17-14(15-2)16-7-9-20-11-10-19-3;/h13H,4-12H2,1-3H3,(H2,15,16,17);1H. The zero-order valence-corrected chi connectivity index (χ0v) is 15.9. The van der Waals surface area contributed by atoms with E-state index in [9.17, 15) is 0 Å². The molecule has 0 saturated carbocycles. The molecule has 1 fully saturated rings. The fourth-order valence-electron chi connectivity index (χ4n) is 2.46. The molecule has 1 saturated heterocycles. The van der Waals surface area contributed by atoms with E-state index < -0.39 is 0 Å². The van der Waals surface area contributed by atoms with Crippen molar-refractivity contribution in [2.24, 2.45) is 4.99 Å². The summed E-state index contributed by atoms with van der Waals surface area (Å²) in [5.41, 5.74) is 0. The number of hydrogen-bond donors (Lipinski definition) is 2. The van der Waals surface area contributed by atoms with E-state index in [0.29, 0.717) is 25.9 Å². The predicted octanol–water partition coefficient (Wildman–Crippen LogP) is 0.917. The van der Waals surface area contributed by atoms with Gasteiger partial charge >= 0.3 is 0 Å². The quantitative estimate of drug-likeness (QED) is 0.254. The molecular formula is C14H31IN4O2. The van der Waals surface area contributed by atoms with Crippen LogP contribution in [0, 0.1) is 0 Å². The Balaban J connectivity index is 0.00000400. The van der Waals surface area contributed by atoms with Gasteiger partial charge in [-0.2, -0.15) is 0 Å². The third kappa shape index (κ3) is 8.80. The monoisotopic (exact) mass is 414 g/mol. The molecular weight excluding hydrogens is 383 g/mol. The van der Waals surface area contributed by atoms with Crippen molar-refractivity contribution >= 4 is 29.9 Å². The van der Waals surface area contributed by atoms with Gasteiger partial charge in [-0.05, 0) is 25.9 Å². The predicted molar refractivity (Wildman–Crippen MR) is 97.7 cm³/mol. The number of nitrogens with zero attached hydrogens (tertiary/aromatic N) is 2. The van der Waals surface area contributed by atoms with Gasteiger partial charge in [0.2, 0.25) is 0 Å². The van der Waals surface area contributed by atoms with Crippen LogP contribution in [0.4, 0.5) is 0 Å². The molecule has 0 amide bonds. The lowest BCUT2D eigenvalue weighted by atomic mass is 10.2. The summed E-state index contributed by atoms with van der Waals surface area (Å²) in [4.78, 5) is 6.75. The highest BCUT2D eigenvalue weighted by molar-refractivity contribution is 14.0. The van der Waals surface area contributed by atoms with Gasteiger partial charge in [-0.3, -0.25) is 9.89 Å².